The van der Waals surface area contributed by atoms with Crippen molar-refractivity contribution in [2.24, 2.45) is 5.41 Å². The van der Waals surface area contributed by atoms with E-state index >= 15 is 0 Å². The molecule has 20 heavy (non-hydrogen) atoms. The van der Waals surface area contributed by atoms with E-state index in [9.17, 15) is 14.9 Å². The Kier molecular flexibility index (Phi) is 9.44. The van der Waals surface area contributed by atoms with Gasteiger partial charge in [0.25, 0.3) is 0 Å². The zero-order chi connectivity index (χ0) is 15.4. The highest BCUT2D eigenvalue weighted by molar-refractivity contribution is 5.86. The van der Waals surface area contributed by atoms with Crippen LogP contribution in [0.4, 0.5) is 0 Å². The summed E-state index contributed by atoms with van der Waals surface area (Å²) < 4.78 is 10.0. The molecule has 1 atom stereocenters. The maximum atomic E-state index is 12.2. The van der Waals surface area contributed by atoms with Gasteiger partial charge in [-0.1, -0.05) is 33.1 Å². The summed E-state index contributed by atoms with van der Waals surface area (Å²) in [6, 6.07) is 1.99. The third-order valence-corrected chi connectivity index (χ3v) is 3.04. The first-order valence-electron chi connectivity index (χ1n) is 7.30. The number of nitriles is 1. The zero-order valence-corrected chi connectivity index (χ0v) is 12.7. The molecule has 0 aliphatic carbocycles. The van der Waals surface area contributed by atoms with E-state index < -0.39 is 17.4 Å². The molecule has 5 nitrogen and oxygen atoms in total. The SMILES string of the molecule is CCCCOC(=O)C(C#N)(CCCC)CC(=O)OCC. The van der Waals surface area contributed by atoms with Crippen LogP contribution in [-0.2, 0) is 19.1 Å². The molecule has 0 N–H and O–H groups in total. The van der Waals surface area contributed by atoms with Gasteiger partial charge in [0, 0.05) is 0 Å². The Balaban J connectivity index is 4.87. The minimum absolute atomic E-state index is 0.234. The number of esters is 2. The van der Waals surface area contributed by atoms with Crippen LogP contribution in [0.25, 0.3) is 0 Å². The minimum Gasteiger partial charge on any atom is -0.466 e. The molecule has 0 aromatic heterocycles. The van der Waals surface area contributed by atoms with Crippen LogP contribution in [0.1, 0.15) is 59.3 Å². The smallest absolute Gasteiger partial charge is 0.327 e. The lowest BCUT2D eigenvalue weighted by atomic mass is 9.81. The molecule has 0 amide bonds. The summed E-state index contributed by atoms with van der Waals surface area (Å²) in [7, 11) is 0. The molecule has 0 aliphatic heterocycles. The van der Waals surface area contributed by atoms with E-state index in [0.29, 0.717) is 12.8 Å². The molecule has 0 aromatic rings. The van der Waals surface area contributed by atoms with Crippen LogP contribution in [0, 0.1) is 16.7 Å². The quantitative estimate of drug-likeness (QED) is 0.455. The van der Waals surface area contributed by atoms with Gasteiger partial charge in [-0.05, 0) is 19.8 Å². The molecular formula is C15H25NO4. The summed E-state index contributed by atoms with van der Waals surface area (Å²) >= 11 is 0. The fourth-order valence-electron chi connectivity index (χ4n) is 1.79. The molecule has 0 bridgehead atoms. The summed E-state index contributed by atoms with van der Waals surface area (Å²) in [6.07, 6.45) is 3.27. The summed E-state index contributed by atoms with van der Waals surface area (Å²) in [5, 5.41) is 9.39. The number of nitrogens with zero attached hydrogens (tertiary/aromatic N) is 1. The number of unbranched alkanes of at least 4 members (excludes halogenated alkanes) is 2. The van der Waals surface area contributed by atoms with Crippen LogP contribution in [0.3, 0.4) is 0 Å². The summed E-state index contributed by atoms with van der Waals surface area (Å²) in [5.74, 6) is -1.13. The van der Waals surface area contributed by atoms with Crippen molar-refractivity contribution in [1.82, 2.24) is 0 Å². The maximum Gasteiger partial charge on any atom is 0.327 e. The number of rotatable bonds is 10. The molecule has 0 saturated heterocycles. The molecule has 0 spiro atoms. The second-order valence-corrected chi connectivity index (χ2v) is 4.77. The van der Waals surface area contributed by atoms with Gasteiger partial charge in [-0.2, -0.15) is 5.26 Å². The Morgan fingerprint density at radius 1 is 1.10 bits per heavy atom. The fraction of sp³-hybridized carbons (Fsp3) is 0.800. The van der Waals surface area contributed by atoms with E-state index in [1.54, 1.807) is 6.92 Å². The zero-order valence-electron chi connectivity index (χ0n) is 12.7. The third kappa shape index (κ3) is 6.05. The Labute approximate surface area is 121 Å². The van der Waals surface area contributed by atoms with Crippen molar-refractivity contribution in [3.63, 3.8) is 0 Å². The van der Waals surface area contributed by atoms with Crippen LogP contribution >= 0.6 is 0 Å². The first-order valence-corrected chi connectivity index (χ1v) is 7.30. The number of hydrogen-bond donors (Lipinski definition) is 0. The minimum atomic E-state index is -1.41. The lowest BCUT2D eigenvalue weighted by Gasteiger charge is -2.23. The van der Waals surface area contributed by atoms with Gasteiger partial charge >= 0.3 is 11.9 Å². The summed E-state index contributed by atoms with van der Waals surface area (Å²) in [5.41, 5.74) is -1.41. The molecule has 114 valence electrons. The average Bonchev–Trinajstić information content (AvgIpc) is 2.44. The molecule has 0 aliphatic rings. The number of carbonyl (C=O) groups excluding carboxylic acids is 2. The van der Waals surface area contributed by atoms with Gasteiger partial charge in [-0.15, -0.1) is 0 Å². The topological polar surface area (TPSA) is 76.4 Å². The molecule has 1 unspecified atom stereocenters. The average molecular weight is 283 g/mol. The van der Waals surface area contributed by atoms with Crippen molar-refractivity contribution in [2.75, 3.05) is 13.2 Å². The molecule has 0 rings (SSSR count). The number of carbonyl (C=O) groups is 2. The highest BCUT2D eigenvalue weighted by atomic mass is 16.5. The van der Waals surface area contributed by atoms with E-state index in [2.05, 4.69) is 0 Å². The standard InChI is InChI=1S/C15H25NO4/c1-4-7-9-15(12-16,11-13(17)19-6-3)14(18)20-10-8-5-2/h4-11H2,1-3H3. The van der Waals surface area contributed by atoms with Crippen LogP contribution < -0.4 is 0 Å². The normalized spacial score (nSPS) is 13.1. The van der Waals surface area contributed by atoms with E-state index in [4.69, 9.17) is 9.47 Å². The van der Waals surface area contributed by atoms with Crippen LogP contribution in [0.15, 0.2) is 0 Å². The lowest BCUT2D eigenvalue weighted by molar-refractivity contribution is -0.159. The third-order valence-electron chi connectivity index (χ3n) is 3.04. The molecule has 0 heterocycles. The largest absolute Gasteiger partial charge is 0.466 e. The monoisotopic (exact) mass is 283 g/mol. The molecule has 0 radical (unpaired) electrons. The number of ether oxygens (including phenoxy) is 2. The van der Waals surface area contributed by atoms with Crippen LogP contribution in [-0.4, -0.2) is 25.2 Å². The number of hydrogen-bond acceptors (Lipinski definition) is 5. The van der Waals surface area contributed by atoms with E-state index in [-0.39, 0.29) is 19.6 Å². The lowest BCUT2D eigenvalue weighted by Crippen LogP contribution is -2.35. The molecular weight excluding hydrogens is 258 g/mol. The van der Waals surface area contributed by atoms with Crippen molar-refractivity contribution in [1.29, 1.82) is 5.26 Å². The summed E-state index contributed by atoms with van der Waals surface area (Å²) in [4.78, 5) is 23.8. The first kappa shape index (κ1) is 18.4. The molecule has 0 aromatic carbocycles. The van der Waals surface area contributed by atoms with Crippen molar-refractivity contribution in [3.8, 4) is 6.07 Å². The van der Waals surface area contributed by atoms with E-state index in [1.165, 1.54) is 0 Å². The van der Waals surface area contributed by atoms with Gasteiger partial charge in [0.1, 0.15) is 0 Å². The van der Waals surface area contributed by atoms with Crippen LogP contribution in [0.2, 0.25) is 0 Å². The predicted molar refractivity (Wildman–Crippen MR) is 74.7 cm³/mol. The maximum absolute atomic E-state index is 12.2. The highest BCUT2D eigenvalue weighted by Gasteiger charge is 2.42. The van der Waals surface area contributed by atoms with Gasteiger partial charge < -0.3 is 9.47 Å². The Morgan fingerprint density at radius 2 is 1.75 bits per heavy atom. The predicted octanol–water partition coefficient (Wildman–Crippen LogP) is 2.98. The van der Waals surface area contributed by atoms with Gasteiger partial charge in [-0.25, -0.2) is 0 Å². The fourth-order valence-corrected chi connectivity index (χ4v) is 1.79. The highest BCUT2D eigenvalue weighted by Crippen LogP contribution is 2.30. The van der Waals surface area contributed by atoms with Gasteiger partial charge in [0.2, 0.25) is 0 Å². The summed E-state index contributed by atoms with van der Waals surface area (Å²) in [6.45, 7) is 6.17. The van der Waals surface area contributed by atoms with Crippen molar-refractivity contribution < 1.29 is 19.1 Å². The molecule has 0 fully saturated rings. The van der Waals surface area contributed by atoms with Crippen molar-refractivity contribution >= 4 is 11.9 Å². The van der Waals surface area contributed by atoms with E-state index in [1.807, 2.05) is 19.9 Å². The second kappa shape index (κ2) is 10.2. The second-order valence-electron chi connectivity index (χ2n) is 4.77. The molecule has 5 heteroatoms. The first-order chi connectivity index (χ1) is 9.56. The Morgan fingerprint density at radius 3 is 2.25 bits per heavy atom. The van der Waals surface area contributed by atoms with Crippen molar-refractivity contribution in [2.45, 2.75) is 59.3 Å². The van der Waals surface area contributed by atoms with Gasteiger partial charge in [0.15, 0.2) is 5.41 Å². The van der Waals surface area contributed by atoms with Crippen LogP contribution in [0.5, 0.6) is 0 Å². The Bertz CT molecular complexity index is 348. The van der Waals surface area contributed by atoms with Gasteiger partial charge in [-0.3, -0.25) is 9.59 Å². The van der Waals surface area contributed by atoms with Gasteiger partial charge in [0.05, 0.1) is 25.7 Å². The Hall–Kier alpha value is -1.57. The van der Waals surface area contributed by atoms with E-state index in [0.717, 1.165) is 19.3 Å². The molecule has 0 saturated carbocycles. The van der Waals surface area contributed by atoms with Crippen molar-refractivity contribution in [3.05, 3.63) is 0 Å².